The number of nitrogens with zero attached hydrogens (tertiary/aromatic N) is 1. The van der Waals surface area contributed by atoms with E-state index in [4.69, 9.17) is 0 Å². The summed E-state index contributed by atoms with van der Waals surface area (Å²) in [5.74, 6) is 0. The SMILES string of the molecule is C=C1NC(=O)N[C@H]2C[C@]1(S(=O)(=O)c1ccc(C)cc1)[C@@H]1CC(S(=O)(=O)c3ccc(C)cc3)=C(C)NC(=O)N21. The Morgan fingerprint density at radius 2 is 1.42 bits per heavy atom. The molecular formula is C26H28N4O6S2. The van der Waals surface area contributed by atoms with E-state index in [0.717, 1.165) is 11.1 Å². The van der Waals surface area contributed by atoms with Crippen molar-refractivity contribution < 1.29 is 26.4 Å². The number of hydrogen-bond donors (Lipinski definition) is 3. The Labute approximate surface area is 221 Å². The lowest BCUT2D eigenvalue weighted by Crippen LogP contribution is -2.60. The number of benzene rings is 2. The lowest BCUT2D eigenvalue weighted by atomic mass is 9.93. The van der Waals surface area contributed by atoms with E-state index in [1.165, 1.54) is 36.1 Å². The molecule has 0 spiro atoms. The van der Waals surface area contributed by atoms with E-state index < -0.39 is 48.7 Å². The number of fused-ring (bicyclic) bond motifs is 5. The number of amides is 4. The normalized spacial score (nSPS) is 25.7. The summed E-state index contributed by atoms with van der Waals surface area (Å²) < 4.78 is 54.6. The highest BCUT2D eigenvalue weighted by Crippen LogP contribution is 2.50. The molecule has 4 amide bonds. The number of carbonyl (C=O) groups is 2. The third kappa shape index (κ3) is 3.73. The average Bonchev–Trinajstić information content (AvgIpc) is 3.01. The summed E-state index contributed by atoms with van der Waals surface area (Å²) in [6, 6.07) is 9.94. The molecule has 2 bridgehead atoms. The summed E-state index contributed by atoms with van der Waals surface area (Å²) in [6.45, 7) is 9.05. The van der Waals surface area contributed by atoms with E-state index in [1.54, 1.807) is 24.3 Å². The molecule has 10 nitrogen and oxygen atoms in total. The lowest BCUT2D eigenvalue weighted by Gasteiger charge is -2.39. The van der Waals surface area contributed by atoms with Gasteiger partial charge in [-0.05, 0) is 45.0 Å². The number of allylic oxidation sites excluding steroid dienone is 1. The second kappa shape index (κ2) is 8.70. The molecule has 0 aromatic heterocycles. The van der Waals surface area contributed by atoms with Crippen molar-refractivity contribution in [2.24, 2.45) is 0 Å². The Hall–Kier alpha value is -3.64. The molecule has 2 aromatic rings. The van der Waals surface area contributed by atoms with Crippen LogP contribution in [0.3, 0.4) is 0 Å². The summed E-state index contributed by atoms with van der Waals surface area (Å²) >= 11 is 0. The van der Waals surface area contributed by atoms with Crippen molar-refractivity contribution in [1.29, 1.82) is 0 Å². The number of aryl methyl sites for hydroxylation is 2. The maximum Gasteiger partial charge on any atom is 0.323 e. The Balaban J connectivity index is 1.72. The molecule has 2 fully saturated rings. The first-order valence-corrected chi connectivity index (χ1v) is 14.9. The fraction of sp³-hybridized carbons (Fsp3) is 0.308. The molecule has 3 heterocycles. The predicted molar refractivity (Wildman–Crippen MR) is 140 cm³/mol. The van der Waals surface area contributed by atoms with Crippen LogP contribution < -0.4 is 16.0 Å². The first kappa shape index (κ1) is 26.0. The van der Waals surface area contributed by atoms with Gasteiger partial charge in [0.25, 0.3) is 0 Å². The number of hydrogen-bond acceptors (Lipinski definition) is 6. The summed E-state index contributed by atoms with van der Waals surface area (Å²) in [5, 5.41) is 7.79. The second-order valence-electron chi connectivity index (χ2n) is 9.92. The average molecular weight is 557 g/mol. The minimum atomic E-state index is -4.30. The minimum absolute atomic E-state index is 0.0192. The molecule has 2 saturated heterocycles. The van der Waals surface area contributed by atoms with Gasteiger partial charge in [0.15, 0.2) is 9.84 Å². The molecule has 5 rings (SSSR count). The van der Waals surface area contributed by atoms with Crippen LogP contribution in [0.25, 0.3) is 0 Å². The fourth-order valence-electron chi connectivity index (χ4n) is 5.56. The monoisotopic (exact) mass is 556 g/mol. The van der Waals surface area contributed by atoms with Crippen molar-refractivity contribution >= 4 is 31.7 Å². The van der Waals surface area contributed by atoms with Crippen LogP contribution in [0.2, 0.25) is 0 Å². The molecule has 0 aliphatic carbocycles. The molecule has 12 heteroatoms. The quantitative estimate of drug-likeness (QED) is 0.529. The van der Waals surface area contributed by atoms with Crippen molar-refractivity contribution in [3.8, 4) is 0 Å². The van der Waals surface area contributed by atoms with Gasteiger partial charge in [-0.2, -0.15) is 0 Å². The molecule has 200 valence electrons. The Morgan fingerprint density at radius 3 is 2.00 bits per heavy atom. The molecular weight excluding hydrogens is 528 g/mol. The molecule has 38 heavy (non-hydrogen) atoms. The van der Waals surface area contributed by atoms with Crippen LogP contribution in [0.4, 0.5) is 9.59 Å². The minimum Gasteiger partial charge on any atom is -0.317 e. The highest BCUT2D eigenvalue weighted by Gasteiger charge is 2.66. The molecule has 0 unspecified atom stereocenters. The van der Waals surface area contributed by atoms with Crippen molar-refractivity contribution in [2.45, 2.75) is 60.4 Å². The van der Waals surface area contributed by atoms with Gasteiger partial charge in [0.2, 0.25) is 9.84 Å². The number of nitrogens with one attached hydrogen (secondary N) is 3. The number of urea groups is 2. The topological polar surface area (TPSA) is 142 Å². The van der Waals surface area contributed by atoms with Gasteiger partial charge in [-0.1, -0.05) is 42.0 Å². The maximum absolute atomic E-state index is 14.4. The van der Waals surface area contributed by atoms with Crippen molar-refractivity contribution in [3.63, 3.8) is 0 Å². The molecule has 3 atom stereocenters. The van der Waals surface area contributed by atoms with Crippen LogP contribution in [0.5, 0.6) is 0 Å². The van der Waals surface area contributed by atoms with Crippen LogP contribution >= 0.6 is 0 Å². The van der Waals surface area contributed by atoms with Gasteiger partial charge in [-0.15, -0.1) is 0 Å². The Bertz CT molecular complexity index is 1610. The molecule has 2 aromatic carbocycles. The first-order chi connectivity index (χ1) is 17.8. The van der Waals surface area contributed by atoms with Gasteiger partial charge < -0.3 is 16.0 Å². The third-order valence-electron chi connectivity index (χ3n) is 7.57. The summed E-state index contributed by atoms with van der Waals surface area (Å²) in [4.78, 5) is 27.2. The number of carbonyl (C=O) groups excluding carboxylic acids is 2. The first-order valence-electron chi connectivity index (χ1n) is 12.0. The third-order valence-corrected chi connectivity index (χ3v) is 12.1. The van der Waals surface area contributed by atoms with Gasteiger partial charge in [0.1, 0.15) is 10.9 Å². The van der Waals surface area contributed by atoms with Crippen LogP contribution in [0.15, 0.2) is 81.2 Å². The van der Waals surface area contributed by atoms with Gasteiger partial charge in [0.05, 0.1) is 20.7 Å². The number of sulfone groups is 2. The van der Waals surface area contributed by atoms with Gasteiger partial charge >= 0.3 is 12.1 Å². The van der Waals surface area contributed by atoms with Crippen LogP contribution in [0, 0.1) is 13.8 Å². The summed E-state index contributed by atoms with van der Waals surface area (Å²) in [7, 11) is -8.42. The zero-order valence-corrected chi connectivity index (χ0v) is 22.7. The molecule has 0 saturated carbocycles. The highest BCUT2D eigenvalue weighted by molar-refractivity contribution is 7.95. The Morgan fingerprint density at radius 1 is 0.868 bits per heavy atom. The highest BCUT2D eigenvalue weighted by atomic mass is 32.2. The molecule has 3 aliphatic heterocycles. The van der Waals surface area contributed by atoms with Crippen LogP contribution in [-0.2, 0) is 19.7 Å². The maximum atomic E-state index is 14.4. The van der Waals surface area contributed by atoms with Gasteiger partial charge in [0, 0.05) is 24.2 Å². The van der Waals surface area contributed by atoms with E-state index in [2.05, 4.69) is 22.5 Å². The van der Waals surface area contributed by atoms with Crippen LogP contribution in [0.1, 0.15) is 30.9 Å². The molecule has 3 aliphatic rings. The zero-order chi connectivity index (χ0) is 27.6. The Kier molecular flexibility index (Phi) is 5.95. The predicted octanol–water partition coefficient (Wildman–Crippen LogP) is 2.86. The lowest BCUT2D eigenvalue weighted by molar-refractivity contribution is 0.161. The van der Waals surface area contributed by atoms with Crippen LogP contribution in [-0.4, -0.2) is 50.8 Å². The molecule has 0 radical (unpaired) electrons. The summed E-state index contributed by atoms with van der Waals surface area (Å²) in [5.41, 5.74) is 1.69. The van der Waals surface area contributed by atoms with E-state index in [9.17, 15) is 26.4 Å². The largest absolute Gasteiger partial charge is 0.323 e. The van der Waals surface area contributed by atoms with E-state index >= 15 is 0 Å². The van der Waals surface area contributed by atoms with Crippen molar-refractivity contribution in [2.75, 3.05) is 0 Å². The fourth-order valence-corrected chi connectivity index (χ4v) is 9.39. The van der Waals surface area contributed by atoms with Gasteiger partial charge in [-0.25, -0.2) is 26.4 Å². The van der Waals surface area contributed by atoms with Crippen molar-refractivity contribution in [1.82, 2.24) is 20.9 Å². The van der Waals surface area contributed by atoms with Crippen molar-refractivity contribution in [3.05, 3.63) is 82.5 Å². The van der Waals surface area contributed by atoms with E-state index in [-0.39, 0.29) is 38.9 Å². The smallest absolute Gasteiger partial charge is 0.317 e. The van der Waals surface area contributed by atoms with E-state index in [1.807, 2.05) is 13.8 Å². The zero-order valence-electron chi connectivity index (χ0n) is 21.1. The molecule has 3 N–H and O–H groups in total. The summed E-state index contributed by atoms with van der Waals surface area (Å²) in [6.07, 6.45) is -1.52. The van der Waals surface area contributed by atoms with Gasteiger partial charge in [-0.3, -0.25) is 4.90 Å². The standard InChI is InChI=1S/C26H28N4O6S2/c1-15-5-9-19(10-6-15)37(33,34)21-13-22-26(38(35,36)20-11-7-16(2)8-12-20)14-23(29-24(31)28-18(26)4)30(22)25(32)27-17(21)3/h5-12,22-23H,4,13-14H2,1-3H3,(H,27,32)(H2,28,29,31)/t22-,23+,26+/m0/s1. The van der Waals surface area contributed by atoms with E-state index in [0.29, 0.717) is 0 Å². The second-order valence-corrected chi connectivity index (χ2v) is 14.1. The number of rotatable bonds is 4.